The minimum absolute atomic E-state index is 0. The van der Waals surface area contributed by atoms with Gasteiger partial charge in [0.25, 0.3) is 11.5 Å². The summed E-state index contributed by atoms with van der Waals surface area (Å²) < 4.78 is 6.14. The zero-order valence-corrected chi connectivity index (χ0v) is 13.6. The van der Waals surface area contributed by atoms with E-state index in [1.165, 1.54) is 6.20 Å². The summed E-state index contributed by atoms with van der Waals surface area (Å²) >= 11 is 3.22. The summed E-state index contributed by atoms with van der Waals surface area (Å²) in [5, 5.41) is 2.56. The van der Waals surface area contributed by atoms with Crippen LogP contribution >= 0.6 is 40.7 Å². The number of halogens is 3. The van der Waals surface area contributed by atoms with E-state index in [1.54, 1.807) is 6.07 Å². The molecule has 6 nitrogen and oxygen atoms in total. The van der Waals surface area contributed by atoms with E-state index in [9.17, 15) is 9.59 Å². The molecule has 0 spiro atoms. The molecular weight excluding hydrogens is 373 g/mol. The molecule has 1 aliphatic heterocycles. The van der Waals surface area contributed by atoms with Crippen LogP contribution in [0.4, 0.5) is 5.69 Å². The molecule has 1 aromatic heterocycles. The molecule has 0 aliphatic carbocycles. The summed E-state index contributed by atoms with van der Waals surface area (Å²) in [7, 11) is 0. The first kappa shape index (κ1) is 19.4. The van der Waals surface area contributed by atoms with Gasteiger partial charge in [-0.15, -0.1) is 24.8 Å². The van der Waals surface area contributed by atoms with Gasteiger partial charge >= 0.3 is 0 Å². The van der Waals surface area contributed by atoms with E-state index in [-0.39, 0.29) is 48.1 Å². The van der Waals surface area contributed by atoms with Crippen molar-refractivity contribution in [3.8, 4) is 0 Å². The van der Waals surface area contributed by atoms with Gasteiger partial charge < -0.3 is 20.8 Å². The molecule has 2 atom stereocenters. The molecule has 0 bridgehead atoms. The van der Waals surface area contributed by atoms with Crippen molar-refractivity contribution in [2.24, 2.45) is 5.73 Å². The Bertz CT molecular complexity index is 512. The predicted molar refractivity (Wildman–Crippen MR) is 84.8 cm³/mol. The topological polar surface area (TPSA) is 97.2 Å². The van der Waals surface area contributed by atoms with Gasteiger partial charge in [0.2, 0.25) is 0 Å². The maximum Gasteiger partial charge on any atom is 0.271 e. The van der Waals surface area contributed by atoms with E-state index in [1.807, 2.05) is 0 Å². The van der Waals surface area contributed by atoms with Crippen LogP contribution in [0.25, 0.3) is 0 Å². The Morgan fingerprint density at radius 3 is 2.80 bits per heavy atom. The van der Waals surface area contributed by atoms with Crippen molar-refractivity contribution >= 4 is 52.3 Å². The third-order valence-corrected chi connectivity index (χ3v) is 3.25. The van der Waals surface area contributed by atoms with Crippen molar-refractivity contribution in [3.63, 3.8) is 0 Å². The molecule has 9 heteroatoms. The summed E-state index contributed by atoms with van der Waals surface area (Å²) in [5.74, 6) is -0.311. The molecule has 2 heterocycles. The van der Waals surface area contributed by atoms with Crippen LogP contribution in [0.15, 0.2) is 21.5 Å². The highest BCUT2D eigenvalue weighted by atomic mass is 79.9. The van der Waals surface area contributed by atoms with E-state index in [0.29, 0.717) is 17.4 Å². The van der Waals surface area contributed by atoms with Crippen LogP contribution in [0.3, 0.4) is 0 Å². The molecule has 1 aromatic rings. The van der Waals surface area contributed by atoms with E-state index in [4.69, 9.17) is 10.5 Å². The number of anilines is 1. The number of aromatic nitrogens is 1. The maximum absolute atomic E-state index is 11.9. The molecule has 114 valence electrons. The SMILES string of the molecule is Cl.Cl.NC[C@H]1CC[C@@H](C(=O)Nc2cc(Br)c[nH]c2=O)O1. The molecule has 1 fully saturated rings. The molecule has 2 rings (SSSR count). The number of hydrogen-bond donors (Lipinski definition) is 3. The first-order valence-electron chi connectivity index (χ1n) is 5.65. The quantitative estimate of drug-likeness (QED) is 0.729. The average molecular weight is 389 g/mol. The molecule has 0 radical (unpaired) electrons. The highest BCUT2D eigenvalue weighted by molar-refractivity contribution is 9.10. The van der Waals surface area contributed by atoms with Gasteiger partial charge in [-0.2, -0.15) is 0 Å². The van der Waals surface area contributed by atoms with Gasteiger partial charge in [0.15, 0.2) is 0 Å². The largest absolute Gasteiger partial charge is 0.364 e. The fourth-order valence-electron chi connectivity index (χ4n) is 1.84. The molecule has 1 saturated heterocycles. The fraction of sp³-hybridized carbons (Fsp3) is 0.455. The number of pyridine rings is 1. The Hall–Kier alpha value is -0.600. The van der Waals surface area contributed by atoms with E-state index >= 15 is 0 Å². The molecule has 1 aliphatic rings. The minimum Gasteiger partial charge on any atom is -0.364 e. The van der Waals surface area contributed by atoms with Crippen LogP contribution in [0, 0.1) is 0 Å². The normalized spacial score (nSPS) is 20.7. The van der Waals surface area contributed by atoms with Crippen LogP contribution in [0.1, 0.15) is 12.8 Å². The number of nitrogens with one attached hydrogen (secondary N) is 2. The lowest BCUT2D eigenvalue weighted by atomic mass is 10.2. The Labute approximate surface area is 136 Å². The zero-order valence-electron chi connectivity index (χ0n) is 10.4. The van der Waals surface area contributed by atoms with E-state index < -0.39 is 6.10 Å². The summed E-state index contributed by atoms with van der Waals surface area (Å²) in [6, 6.07) is 1.55. The predicted octanol–water partition coefficient (Wildman–Crippen LogP) is 1.43. The Kier molecular flexibility index (Phi) is 8.38. The summed E-state index contributed by atoms with van der Waals surface area (Å²) in [4.78, 5) is 25.9. The second-order valence-corrected chi connectivity index (χ2v) is 5.03. The third kappa shape index (κ3) is 4.75. The van der Waals surface area contributed by atoms with Crippen LogP contribution in [0.2, 0.25) is 0 Å². The lowest BCUT2D eigenvalue weighted by molar-refractivity contribution is -0.126. The van der Waals surface area contributed by atoms with Gasteiger partial charge in [-0.05, 0) is 34.8 Å². The molecule has 1 amide bonds. The van der Waals surface area contributed by atoms with Crippen molar-refractivity contribution in [1.29, 1.82) is 0 Å². The number of ether oxygens (including phenoxy) is 1. The van der Waals surface area contributed by atoms with E-state index in [0.717, 1.165) is 6.42 Å². The lowest BCUT2D eigenvalue weighted by Crippen LogP contribution is -2.31. The average Bonchev–Trinajstić information content (AvgIpc) is 2.82. The molecule has 0 unspecified atom stereocenters. The van der Waals surface area contributed by atoms with Crippen molar-refractivity contribution in [1.82, 2.24) is 4.98 Å². The molecule has 0 saturated carbocycles. The number of H-pyrrole nitrogens is 1. The number of hydrogen-bond acceptors (Lipinski definition) is 4. The Morgan fingerprint density at radius 2 is 2.20 bits per heavy atom. The van der Waals surface area contributed by atoms with Gasteiger partial charge in [-0.25, -0.2) is 0 Å². The molecule has 20 heavy (non-hydrogen) atoms. The highest BCUT2D eigenvalue weighted by Gasteiger charge is 2.30. The van der Waals surface area contributed by atoms with Gasteiger partial charge in [0, 0.05) is 17.2 Å². The highest BCUT2D eigenvalue weighted by Crippen LogP contribution is 2.20. The maximum atomic E-state index is 11.9. The summed E-state index contributed by atoms with van der Waals surface area (Å²) in [6.45, 7) is 0.404. The monoisotopic (exact) mass is 387 g/mol. The van der Waals surface area contributed by atoms with Gasteiger partial charge in [-0.3, -0.25) is 9.59 Å². The van der Waals surface area contributed by atoms with Crippen LogP contribution in [-0.2, 0) is 9.53 Å². The summed E-state index contributed by atoms with van der Waals surface area (Å²) in [5.41, 5.74) is 5.33. The zero-order chi connectivity index (χ0) is 13.1. The second-order valence-electron chi connectivity index (χ2n) is 4.11. The number of rotatable bonds is 3. The van der Waals surface area contributed by atoms with Crippen molar-refractivity contribution in [2.75, 3.05) is 11.9 Å². The van der Waals surface area contributed by atoms with Gasteiger partial charge in [0.05, 0.1) is 6.10 Å². The number of amides is 1. The van der Waals surface area contributed by atoms with E-state index in [2.05, 4.69) is 26.2 Å². The smallest absolute Gasteiger partial charge is 0.271 e. The van der Waals surface area contributed by atoms with Crippen LogP contribution in [0.5, 0.6) is 0 Å². The molecule has 4 N–H and O–H groups in total. The standard InChI is InChI=1S/C11H14BrN3O3.2ClH/c12-6-3-8(10(16)14-5-6)15-11(17)9-2-1-7(4-13)18-9;;/h3,5,7,9H,1-2,4,13H2,(H,14,16)(H,15,17);2*1H/t7-,9+;;/m1../s1. The van der Waals surface area contributed by atoms with Crippen molar-refractivity contribution in [2.45, 2.75) is 25.0 Å². The molecule has 0 aromatic carbocycles. The lowest BCUT2D eigenvalue weighted by Gasteiger charge is -2.12. The number of nitrogens with two attached hydrogens (primary N) is 1. The van der Waals surface area contributed by atoms with Crippen molar-refractivity contribution < 1.29 is 9.53 Å². The van der Waals surface area contributed by atoms with Gasteiger partial charge in [0.1, 0.15) is 11.8 Å². The molecular formula is C11H16BrCl2N3O3. The van der Waals surface area contributed by atoms with Gasteiger partial charge in [-0.1, -0.05) is 0 Å². The number of carbonyl (C=O) groups excluding carboxylic acids is 1. The van der Waals surface area contributed by atoms with Crippen LogP contribution in [-0.4, -0.2) is 29.6 Å². The third-order valence-electron chi connectivity index (χ3n) is 2.79. The first-order valence-corrected chi connectivity index (χ1v) is 6.44. The Morgan fingerprint density at radius 1 is 1.50 bits per heavy atom. The first-order chi connectivity index (χ1) is 8.60. The summed E-state index contributed by atoms with van der Waals surface area (Å²) in [6.07, 6.45) is 2.30. The second kappa shape index (κ2) is 8.63. The van der Waals surface area contributed by atoms with Crippen LogP contribution < -0.4 is 16.6 Å². The Balaban J connectivity index is 0.00000180. The number of aromatic amines is 1. The fourth-order valence-corrected chi connectivity index (χ4v) is 2.18. The number of carbonyl (C=O) groups is 1. The minimum atomic E-state index is -0.531. The van der Waals surface area contributed by atoms with Crippen molar-refractivity contribution in [3.05, 3.63) is 27.1 Å².